The molecule has 3 N–H and O–H groups in total. The number of amides is 2. The van der Waals surface area contributed by atoms with Crippen molar-refractivity contribution in [3.05, 3.63) is 70.8 Å². The van der Waals surface area contributed by atoms with E-state index in [1.165, 1.54) is 18.7 Å². The fourth-order valence-corrected chi connectivity index (χ4v) is 8.95. The van der Waals surface area contributed by atoms with Gasteiger partial charge in [-0.1, -0.05) is 22.9 Å². The van der Waals surface area contributed by atoms with E-state index in [2.05, 4.69) is 71.2 Å². The zero-order valence-electron chi connectivity index (χ0n) is 32.0. The Balaban J connectivity index is 0.836. The van der Waals surface area contributed by atoms with E-state index in [0.717, 1.165) is 74.6 Å². The van der Waals surface area contributed by atoms with Crippen molar-refractivity contribution < 1.29 is 14.3 Å². The van der Waals surface area contributed by atoms with Crippen LogP contribution in [0.2, 0.25) is 5.02 Å². The van der Waals surface area contributed by atoms with Crippen LogP contribution in [-0.2, 0) is 15.0 Å². The molecule has 4 aliphatic rings. The van der Waals surface area contributed by atoms with Gasteiger partial charge in [-0.05, 0) is 77.0 Å². The predicted molar refractivity (Wildman–Crippen MR) is 214 cm³/mol. The van der Waals surface area contributed by atoms with Crippen molar-refractivity contribution >= 4 is 46.4 Å². The van der Waals surface area contributed by atoms with Gasteiger partial charge < -0.3 is 20.3 Å². The molecule has 8 rings (SSSR count). The fraction of sp³-hybridized carbons (Fsp3) is 0.463. The van der Waals surface area contributed by atoms with E-state index in [9.17, 15) is 14.9 Å². The first-order valence-corrected chi connectivity index (χ1v) is 20.0. The van der Waals surface area contributed by atoms with Gasteiger partial charge in [-0.25, -0.2) is 14.6 Å². The van der Waals surface area contributed by atoms with Crippen LogP contribution in [0.25, 0.3) is 5.69 Å². The van der Waals surface area contributed by atoms with Crippen molar-refractivity contribution in [2.45, 2.75) is 82.2 Å². The smallest absolute Gasteiger partial charge is 0.240 e. The molecular formula is C41H45ClN12O3. The van der Waals surface area contributed by atoms with Crippen molar-refractivity contribution in [1.82, 2.24) is 35.2 Å². The minimum atomic E-state index is -0.767. The summed E-state index contributed by atoms with van der Waals surface area (Å²) in [6.07, 6.45) is 11.5. The van der Waals surface area contributed by atoms with E-state index < -0.39 is 11.5 Å². The van der Waals surface area contributed by atoms with Gasteiger partial charge in [-0.2, -0.15) is 10.5 Å². The number of nitriles is 2. The van der Waals surface area contributed by atoms with Gasteiger partial charge in [-0.15, -0.1) is 5.10 Å². The first-order chi connectivity index (χ1) is 27.6. The van der Waals surface area contributed by atoms with Gasteiger partial charge in [0.25, 0.3) is 0 Å². The van der Waals surface area contributed by atoms with Gasteiger partial charge in [0.1, 0.15) is 47.2 Å². The van der Waals surface area contributed by atoms with E-state index in [1.807, 2.05) is 18.3 Å². The maximum absolute atomic E-state index is 12.8. The van der Waals surface area contributed by atoms with Crippen molar-refractivity contribution in [3.8, 4) is 23.6 Å². The summed E-state index contributed by atoms with van der Waals surface area (Å²) in [5, 5.41) is 36.8. The van der Waals surface area contributed by atoms with Crippen LogP contribution in [0.1, 0.15) is 81.5 Å². The lowest BCUT2D eigenvalue weighted by Crippen LogP contribution is -2.52. The van der Waals surface area contributed by atoms with Crippen molar-refractivity contribution in [2.24, 2.45) is 5.92 Å². The molecule has 1 saturated carbocycles. The molecule has 1 aliphatic carbocycles. The number of rotatable bonds is 10. The summed E-state index contributed by atoms with van der Waals surface area (Å²) in [5.41, 5.74) is 3.84. The molecule has 1 aromatic carbocycles. The Labute approximate surface area is 336 Å². The molecule has 0 radical (unpaired) electrons. The lowest BCUT2D eigenvalue weighted by atomic mass is 9.75. The van der Waals surface area contributed by atoms with Crippen LogP contribution in [0.15, 0.2) is 48.9 Å². The molecule has 6 heterocycles. The molecule has 2 saturated heterocycles. The number of nitrogens with zero attached hydrogens (tertiary/aromatic N) is 9. The van der Waals surface area contributed by atoms with Gasteiger partial charge in [0.15, 0.2) is 0 Å². The van der Waals surface area contributed by atoms with Crippen LogP contribution in [0.5, 0.6) is 5.75 Å². The monoisotopic (exact) mass is 788 g/mol. The highest BCUT2D eigenvalue weighted by atomic mass is 35.5. The van der Waals surface area contributed by atoms with E-state index in [-0.39, 0.29) is 18.4 Å². The Morgan fingerprint density at radius 3 is 2.70 bits per heavy atom. The number of fused-ring (bicyclic) bond motifs is 2. The quantitative estimate of drug-likeness (QED) is 0.169. The number of imide groups is 1. The highest BCUT2D eigenvalue weighted by Gasteiger charge is 2.50. The number of piperazine rings is 1. The molecule has 294 valence electrons. The summed E-state index contributed by atoms with van der Waals surface area (Å²) in [4.78, 5) is 38.4. The van der Waals surface area contributed by atoms with Gasteiger partial charge in [0, 0.05) is 67.6 Å². The molecule has 1 unspecified atom stereocenters. The number of anilines is 4. The largest absolute Gasteiger partial charge is 0.492 e. The van der Waals surface area contributed by atoms with Crippen LogP contribution >= 0.6 is 11.6 Å². The highest BCUT2D eigenvalue weighted by molar-refractivity contribution is 6.33. The molecule has 3 aromatic heterocycles. The van der Waals surface area contributed by atoms with Crippen LogP contribution in [-0.4, -0.2) is 86.5 Å². The molecule has 4 aromatic rings. The SMILES string of the molecule is C[C@H](C#N)Nc1cc(Nc2ncc(C#N)cc2Cl)ncc1-n1cc(C2CCC(CCN3CCN(c4ccc5c(c4)OCC54CCC(=O)NC4=O)[C@H](C)C3)CC2)nn1. The van der Waals surface area contributed by atoms with E-state index in [4.69, 9.17) is 21.6 Å². The van der Waals surface area contributed by atoms with E-state index in [0.29, 0.717) is 64.3 Å². The average molecular weight is 789 g/mol. The fourth-order valence-electron chi connectivity index (χ4n) is 8.73. The third-order valence-corrected chi connectivity index (χ3v) is 12.3. The number of carbonyl (C=O) groups excluding carboxylic acids is 2. The zero-order chi connectivity index (χ0) is 39.7. The highest BCUT2D eigenvalue weighted by Crippen LogP contribution is 2.45. The standard InChI is InChI=1S/C41H45ClN12O3/c1-25(18-43)47-33-17-37(48-39-32(42)15-28(19-44)20-46-39)45-21-35(33)54-23-34(50-51-54)29-5-3-27(4-6-29)10-12-52-13-14-53(26(2)22-52)30-7-8-31-36(16-30)57-24-41(31)11-9-38(55)49-40(41)56/h7-8,15-17,20-21,23,25-27,29H,3-6,9-14,22,24H2,1-2H3,(H,49,55,56)(H2,45,46,47,48)/t25-,26-,27?,29?,41?/m1/s1. The maximum Gasteiger partial charge on any atom is 0.240 e. The molecule has 57 heavy (non-hydrogen) atoms. The number of benzene rings is 1. The van der Waals surface area contributed by atoms with Crippen LogP contribution in [0.3, 0.4) is 0 Å². The van der Waals surface area contributed by atoms with Crippen LogP contribution in [0.4, 0.5) is 23.0 Å². The summed E-state index contributed by atoms with van der Waals surface area (Å²) in [7, 11) is 0. The molecule has 15 nitrogen and oxygen atoms in total. The molecule has 3 aliphatic heterocycles. The van der Waals surface area contributed by atoms with Crippen molar-refractivity contribution in [1.29, 1.82) is 10.5 Å². The maximum atomic E-state index is 12.8. The first kappa shape index (κ1) is 38.1. The number of ether oxygens (including phenoxy) is 1. The number of pyridine rings is 2. The Morgan fingerprint density at radius 2 is 1.95 bits per heavy atom. The Morgan fingerprint density at radius 1 is 1.11 bits per heavy atom. The summed E-state index contributed by atoms with van der Waals surface area (Å²) in [6.45, 7) is 8.31. The number of hydrogen-bond acceptors (Lipinski definition) is 13. The summed E-state index contributed by atoms with van der Waals surface area (Å²) in [6, 6.07) is 13.6. The first-order valence-electron chi connectivity index (χ1n) is 19.6. The lowest BCUT2D eigenvalue weighted by Gasteiger charge is -2.42. The summed E-state index contributed by atoms with van der Waals surface area (Å²) in [5.74, 6) is 2.10. The third kappa shape index (κ3) is 7.82. The van der Waals surface area contributed by atoms with Gasteiger partial charge in [0.2, 0.25) is 11.8 Å². The van der Waals surface area contributed by atoms with Gasteiger partial charge >= 0.3 is 0 Å². The molecular weight excluding hydrogens is 744 g/mol. The van der Waals surface area contributed by atoms with Gasteiger partial charge in [-0.3, -0.25) is 19.8 Å². The van der Waals surface area contributed by atoms with Crippen molar-refractivity contribution in [2.75, 3.05) is 48.3 Å². The van der Waals surface area contributed by atoms with Crippen molar-refractivity contribution in [3.63, 3.8) is 0 Å². The van der Waals surface area contributed by atoms with E-state index >= 15 is 0 Å². The zero-order valence-corrected chi connectivity index (χ0v) is 32.8. The minimum Gasteiger partial charge on any atom is -0.492 e. The molecule has 3 atom stereocenters. The second-order valence-corrected chi connectivity index (χ2v) is 16.1. The summed E-state index contributed by atoms with van der Waals surface area (Å²) < 4.78 is 7.76. The van der Waals surface area contributed by atoms with Crippen LogP contribution in [0, 0.1) is 28.6 Å². The Kier molecular flexibility index (Phi) is 10.7. The van der Waals surface area contributed by atoms with Crippen LogP contribution < -0.4 is 25.6 Å². The summed E-state index contributed by atoms with van der Waals surface area (Å²) >= 11 is 6.33. The Bertz CT molecular complexity index is 2260. The number of aromatic nitrogens is 5. The number of nitrogens with one attached hydrogen (secondary N) is 3. The predicted octanol–water partition coefficient (Wildman–Crippen LogP) is 5.59. The molecule has 2 amide bonds. The van der Waals surface area contributed by atoms with Gasteiger partial charge in [0.05, 0.1) is 40.4 Å². The minimum absolute atomic E-state index is 0.216. The van der Waals surface area contributed by atoms with E-state index in [1.54, 1.807) is 23.9 Å². The topological polar surface area (TPSA) is 190 Å². The lowest BCUT2D eigenvalue weighted by molar-refractivity contribution is -0.138. The Hall–Kier alpha value is -5.77. The molecule has 0 bridgehead atoms. The second kappa shape index (κ2) is 16.0. The number of hydrogen-bond donors (Lipinski definition) is 3. The average Bonchev–Trinajstić information content (AvgIpc) is 3.86. The number of piperidine rings is 1. The normalized spacial score (nSPS) is 23.9. The molecule has 3 fully saturated rings. The second-order valence-electron chi connectivity index (χ2n) is 15.7. The third-order valence-electron chi connectivity index (χ3n) is 12.0. The number of carbonyl (C=O) groups is 2. The molecule has 16 heteroatoms. The number of halogens is 1. The molecule has 1 spiro atoms.